The Morgan fingerprint density at radius 3 is 2.11 bits per heavy atom. The molecule has 0 spiro atoms. The summed E-state index contributed by atoms with van der Waals surface area (Å²) in [6.07, 6.45) is 5.99. The SMILES string of the molecule is CCCC(CCC)C(Cl)Cc1ccc(C)c(C)c1. The van der Waals surface area contributed by atoms with Crippen molar-refractivity contribution in [2.75, 3.05) is 0 Å². The Labute approximate surface area is 118 Å². The Morgan fingerprint density at radius 1 is 1.00 bits per heavy atom. The van der Waals surface area contributed by atoms with Crippen molar-refractivity contribution in [1.82, 2.24) is 0 Å². The molecule has 1 atom stereocenters. The molecule has 0 aliphatic heterocycles. The van der Waals surface area contributed by atoms with E-state index in [0.717, 1.165) is 6.42 Å². The van der Waals surface area contributed by atoms with Crippen molar-refractivity contribution < 1.29 is 0 Å². The molecule has 0 N–H and O–H groups in total. The van der Waals surface area contributed by atoms with Gasteiger partial charge in [-0.25, -0.2) is 0 Å². The minimum absolute atomic E-state index is 0.284. The number of halogens is 1. The fourth-order valence-electron chi connectivity index (χ4n) is 2.57. The summed E-state index contributed by atoms with van der Waals surface area (Å²) in [6.45, 7) is 8.84. The topological polar surface area (TPSA) is 0 Å². The van der Waals surface area contributed by atoms with E-state index in [2.05, 4.69) is 45.9 Å². The Bertz CT molecular complexity index is 351. The summed E-state index contributed by atoms with van der Waals surface area (Å²) in [5.74, 6) is 0.670. The Hall–Kier alpha value is -0.490. The molecule has 1 aromatic carbocycles. The Morgan fingerprint density at radius 2 is 1.61 bits per heavy atom. The molecule has 0 bridgehead atoms. The smallest absolute Gasteiger partial charge is 0.0404 e. The molecule has 1 aromatic rings. The normalized spacial score (nSPS) is 13.0. The van der Waals surface area contributed by atoms with Crippen molar-refractivity contribution in [2.24, 2.45) is 5.92 Å². The van der Waals surface area contributed by atoms with Gasteiger partial charge in [-0.05, 0) is 55.7 Å². The zero-order valence-corrected chi connectivity index (χ0v) is 13.1. The van der Waals surface area contributed by atoms with Gasteiger partial charge in [0.15, 0.2) is 0 Å². The van der Waals surface area contributed by atoms with E-state index in [-0.39, 0.29) is 5.38 Å². The van der Waals surface area contributed by atoms with Gasteiger partial charge in [0.2, 0.25) is 0 Å². The van der Waals surface area contributed by atoms with Gasteiger partial charge in [0, 0.05) is 5.38 Å². The van der Waals surface area contributed by atoms with E-state index >= 15 is 0 Å². The van der Waals surface area contributed by atoms with Crippen molar-refractivity contribution in [3.05, 3.63) is 34.9 Å². The van der Waals surface area contributed by atoms with Crippen LogP contribution in [-0.4, -0.2) is 5.38 Å². The lowest BCUT2D eigenvalue weighted by molar-refractivity contribution is 0.418. The quantitative estimate of drug-likeness (QED) is 0.558. The molecule has 0 fully saturated rings. The highest BCUT2D eigenvalue weighted by atomic mass is 35.5. The minimum Gasteiger partial charge on any atom is -0.122 e. The van der Waals surface area contributed by atoms with Crippen LogP contribution >= 0.6 is 11.6 Å². The molecule has 0 radical (unpaired) electrons. The predicted molar refractivity (Wildman–Crippen MR) is 82.6 cm³/mol. The number of alkyl halides is 1. The second kappa shape index (κ2) is 7.84. The largest absolute Gasteiger partial charge is 0.122 e. The lowest BCUT2D eigenvalue weighted by atomic mass is 9.90. The summed E-state index contributed by atoms with van der Waals surface area (Å²) in [6, 6.07) is 6.73. The van der Waals surface area contributed by atoms with Crippen LogP contribution in [0, 0.1) is 19.8 Å². The van der Waals surface area contributed by atoms with Gasteiger partial charge < -0.3 is 0 Å². The molecule has 0 aromatic heterocycles. The van der Waals surface area contributed by atoms with Crippen molar-refractivity contribution in [2.45, 2.75) is 65.2 Å². The average molecular weight is 267 g/mol. The fraction of sp³-hybridized carbons (Fsp3) is 0.647. The van der Waals surface area contributed by atoms with Gasteiger partial charge in [-0.1, -0.05) is 44.9 Å². The summed E-state index contributed by atoms with van der Waals surface area (Å²) in [7, 11) is 0. The molecule has 102 valence electrons. The molecule has 0 saturated heterocycles. The molecule has 1 rings (SSSR count). The lowest BCUT2D eigenvalue weighted by Crippen LogP contribution is -2.17. The maximum atomic E-state index is 6.63. The summed E-state index contributed by atoms with van der Waals surface area (Å²) in [5, 5.41) is 0.284. The third-order valence-corrected chi connectivity index (χ3v) is 4.34. The summed E-state index contributed by atoms with van der Waals surface area (Å²) in [5.41, 5.74) is 4.12. The second-order valence-electron chi connectivity index (χ2n) is 5.48. The first-order valence-electron chi connectivity index (χ1n) is 7.28. The van der Waals surface area contributed by atoms with Gasteiger partial charge in [-0.2, -0.15) is 0 Å². The molecular weight excluding hydrogens is 240 g/mol. The van der Waals surface area contributed by atoms with Gasteiger partial charge in [0.1, 0.15) is 0 Å². The minimum atomic E-state index is 0.284. The van der Waals surface area contributed by atoms with Crippen LogP contribution < -0.4 is 0 Å². The van der Waals surface area contributed by atoms with Gasteiger partial charge in [-0.3, -0.25) is 0 Å². The van der Waals surface area contributed by atoms with E-state index in [1.165, 1.54) is 42.4 Å². The number of benzene rings is 1. The fourth-order valence-corrected chi connectivity index (χ4v) is 3.00. The third kappa shape index (κ3) is 4.65. The standard InChI is InChI=1S/C17H27Cl/c1-5-7-16(8-6-2)17(18)12-15-10-9-13(3)14(4)11-15/h9-11,16-17H,5-8,12H2,1-4H3. The van der Waals surface area contributed by atoms with E-state index < -0.39 is 0 Å². The van der Waals surface area contributed by atoms with E-state index in [1.54, 1.807) is 0 Å². The van der Waals surface area contributed by atoms with Crippen LogP contribution in [0.15, 0.2) is 18.2 Å². The second-order valence-corrected chi connectivity index (χ2v) is 6.04. The van der Waals surface area contributed by atoms with Crippen LogP contribution in [0.2, 0.25) is 0 Å². The van der Waals surface area contributed by atoms with Gasteiger partial charge in [0.25, 0.3) is 0 Å². The molecule has 18 heavy (non-hydrogen) atoms. The van der Waals surface area contributed by atoms with E-state index in [1.807, 2.05) is 0 Å². The first-order chi connectivity index (χ1) is 8.58. The first-order valence-corrected chi connectivity index (χ1v) is 7.72. The molecular formula is C17H27Cl. The number of hydrogen-bond donors (Lipinski definition) is 0. The molecule has 0 heterocycles. The van der Waals surface area contributed by atoms with Gasteiger partial charge >= 0.3 is 0 Å². The summed E-state index contributed by atoms with van der Waals surface area (Å²) >= 11 is 6.63. The van der Waals surface area contributed by atoms with Crippen molar-refractivity contribution in [3.63, 3.8) is 0 Å². The summed E-state index contributed by atoms with van der Waals surface area (Å²) < 4.78 is 0. The molecule has 0 nitrogen and oxygen atoms in total. The number of hydrogen-bond acceptors (Lipinski definition) is 0. The zero-order valence-electron chi connectivity index (χ0n) is 12.3. The number of rotatable bonds is 7. The van der Waals surface area contributed by atoms with E-state index in [0.29, 0.717) is 5.92 Å². The van der Waals surface area contributed by atoms with Crippen LogP contribution in [-0.2, 0) is 6.42 Å². The maximum Gasteiger partial charge on any atom is 0.0404 e. The van der Waals surface area contributed by atoms with Crippen LogP contribution in [0.5, 0.6) is 0 Å². The lowest BCUT2D eigenvalue weighted by Gasteiger charge is -2.21. The van der Waals surface area contributed by atoms with Gasteiger partial charge in [-0.15, -0.1) is 11.6 Å². The van der Waals surface area contributed by atoms with Crippen LogP contribution in [0.25, 0.3) is 0 Å². The highest BCUT2D eigenvalue weighted by Gasteiger charge is 2.18. The maximum absolute atomic E-state index is 6.63. The number of aryl methyl sites for hydroxylation is 2. The third-order valence-electron chi connectivity index (χ3n) is 3.83. The van der Waals surface area contributed by atoms with Crippen molar-refractivity contribution in [3.8, 4) is 0 Å². The molecule has 0 aliphatic rings. The van der Waals surface area contributed by atoms with Crippen molar-refractivity contribution in [1.29, 1.82) is 0 Å². The molecule has 0 aliphatic carbocycles. The van der Waals surface area contributed by atoms with E-state index in [9.17, 15) is 0 Å². The highest BCUT2D eigenvalue weighted by Crippen LogP contribution is 2.25. The Kier molecular flexibility index (Phi) is 6.78. The van der Waals surface area contributed by atoms with Crippen LogP contribution in [0.3, 0.4) is 0 Å². The van der Waals surface area contributed by atoms with E-state index in [4.69, 9.17) is 11.6 Å². The van der Waals surface area contributed by atoms with Crippen molar-refractivity contribution >= 4 is 11.6 Å². The predicted octanol–water partition coefficient (Wildman–Crippen LogP) is 5.67. The monoisotopic (exact) mass is 266 g/mol. The molecule has 0 saturated carbocycles. The van der Waals surface area contributed by atoms with Gasteiger partial charge in [0.05, 0.1) is 0 Å². The first kappa shape index (κ1) is 15.6. The average Bonchev–Trinajstić information content (AvgIpc) is 2.33. The molecule has 1 unspecified atom stereocenters. The highest BCUT2D eigenvalue weighted by molar-refractivity contribution is 6.20. The van der Waals surface area contributed by atoms with Crippen LogP contribution in [0.1, 0.15) is 56.2 Å². The zero-order chi connectivity index (χ0) is 13.5. The molecule has 0 amide bonds. The molecule has 1 heteroatoms. The Balaban J connectivity index is 2.66. The summed E-state index contributed by atoms with van der Waals surface area (Å²) in [4.78, 5) is 0. The van der Waals surface area contributed by atoms with Crippen LogP contribution in [0.4, 0.5) is 0 Å².